The summed E-state index contributed by atoms with van der Waals surface area (Å²) in [6.45, 7) is 3.94. The number of hydrogen-bond donors (Lipinski definition) is 2. The number of nitrogens with zero attached hydrogens (tertiary/aromatic N) is 1. The van der Waals surface area contributed by atoms with Gasteiger partial charge in [-0.2, -0.15) is 0 Å². The number of carbonyl (C=O) groups excluding carboxylic acids is 1. The molecule has 0 spiro atoms. The van der Waals surface area contributed by atoms with Gasteiger partial charge in [0.1, 0.15) is 11.4 Å². The zero-order valence-corrected chi connectivity index (χ0v) is 22.5. The third kappa shape index (κ3) is 6.90. The van der Waals surface area contributed by atoms with Crippen LogP contribution in [0.1, 0.15) is 62.1 Å². The lowest BCUT2D eigenvalue weighted by Gasteiger charge is -2.44. The molecule has 1 fully saturated rings. The van der Waals surface area contributed by atoms with Crippen molar-refractivity contribution in [1.82, 2.24) is 4.90 Å². The number of aliphatic hydroxyl groups excluding tert-OH is 1. The Hall–Kier alpha value is -2.99. The molecule has 3 aromatic rings. The molecular formula is C33H41NO4. The Morgan fingerprint density at radius 1 is 0.947 bits per heavy atom. The van der Waals surface area contributed by atoms with Crippen LogP contribution in [-0.4, -0.2) is 46.8 Å². The SMILES string of the molecule is CCCC(=O)Oc1ccc(CC(CCCO)N2CCC(C(O)(c3ccccc3)c3ccccc3)CC2)cc1. The minimum atomic E-state index is -1.03. The van der Waals surface area contributed by atoms with Crippen molar-refractivity contribution < 1.29 is 19.7 Å². The van der Waals surface area contributed by atoms with Crippen LogP contribution in [0.15, 0.2) is 84.9 Å². The number of piperidine rings is 1. The zero-order chi connectivity index (χ0) is 26.8. The van der Waals surface area contributed by atoms with Crippen LogP contribution in [-0.2, 0) is 16.8 Å². The number of esters is 1. The summed E-state index contributed by atoms with van der Waals surface area (Å²) in [5.41, 5.74) is 2.05. The molecule has 0 radical (unpaired) electrons. The molecule has 0 saturated carbocycles. The number of ether oxygens (including phenoxy) is 1. The summed E-state index contributed by atoms with van der Waals surface area (Å²) in [6.07, 6.45) is 5.52. The average Bonchev–Trinajstić information content (AvgIpc) is 2.97. The van der Waals surface area contributed by atoms with Crippen LogP contribution in [0.5, 0.6) is 5.75 Å². The molecule has 3 aromatic carbocycles. The van der Waals surface area contributed by atoms with Gasteiger partial charge < -0.3 is 19.8 Å². The van der Waals surface area contributed by atoms with E-state index in [1.807, 2.05) is 91.9 Å². The Labute approximate surface area is 227 Å². The Balaban J connectivity index is 1.45. The van der Waals surface area contributed by atoms with Crippen LogP contribution < -0.4 is 4.74 Å². The molecule has 38 heavy (non-hydrogen) atoms. The molecule has 1 saturated heterocycles. The molecule has 1 aliphatic rings. The van der Waals surface area contributed by atoms with Gasteiger partial charge in [-0.05, 0) is 86.4 Å². The van der Waals surface area contributed by atoms with E-state index in [-0.39, 0.29) is 18.5 Å². The third-order valence-electron chi connectivity index (χ3n) is 7.84. The summed E-state index contributed by atoms with van der Waals surface area (Å²) >= 11 is 0. The Bertz CT molecular complexity index is 1070. The van der Waals surface area contributed by atoms with E-state index in [4.69, 9.17) is 4.74 Å². The van der Waals surface area contributed by atoms with Crippen molar-refractivity contribution in [1.29, 1.82) is 0 Å². The van der Waals surface area contributed by atoms with E-state index in [1.165, 1.54) is 5.56 Å². The predicted octanol–water partition coefficient (Wildman–Crippen LogP) is 5.72. The fourth-order valence-electron chi connectivity index (χ4n) is 5.80. The molecule has 1 unspecified atom stereocenters. The lowest BCUT2D eigenvalue weighted by Crippen LogP contribution is -2.48. The van der Waals surface area contributed by atoms with Crippen LogP contribution in [0, 0.1) is 5.92 Å². The molecule has 1 aliphatic heterocycles. The highest BCUT2D eigenvalue weighted by Crippen LogP contribution is 2.42. The van der Waals surface area contributed by atoms with Gasteiger partial charge in [0.25, 0.3) is 0 Å². The molecule has 5 nitrogen and oxygen atoms in total. The average molecular weight is 516 g/mol. The van der Waals surface area contributed by atoms with E-state index in [0.717, 1.165) is 62.7 Å². The van der Waals surface area contributed by atoms with Crippen LogP contribution in [0.2, 0.25) is 0 Å². The van der Waals surface area contributed by atoms with Gasteiger partial charge in [0, 0.05) is 19.1 Å². The molecule has 0 amide bonds. The highest BCUT2D eigenvalue weighted by molar-refractivity contribution is 5.72. The van der Waals surface area contributed by atoms with Crippen LogP contribution in [0.3, 0.4) is 0 Å². The van der Waals surface area contributed by atoms with Crippen LogP contribution in [0.25, 0.3) is 0 Å². The van der Waals surface area contributed by atoms with Crippen molar-refractivity contribution in [3.8, 4) is 5.75 Å². The lowest BCUT2D eigenvalue weighted by atomic mass is 9.72. The quantitative estimate of drug-likeness (QED) is 0.238. The standard InChI is InChI=1S/C33H41NO4/c1-2-10-32(36)38-31-18-16-26(17-19-31)25-30(15-9-24-35)34-22-20-29(21-23-34)33(37,27-11-5-3-6-12-27)28-13-7-4-8-14-28/h3-8,11-14,16-19,29-30,35,37H,2,9-10,15,20-25H2,1H3. The first kappa shape index (κ1) is 28.0. The summed E-state index contributed by atoms with van der Waals surface area (Å²) in [4.78, 5) is 14.3. The summed E-state index contributed by atoms with van der Waals surface area (Å²) in [5, 5.41) is 21.8. The monoisotopic (exact) mass is 515 g/mol. The van der Waals surface area contributed by atoms with Gasteiger partial charge in [0.15, 0.2) is 0 Å². The molecule has 4 rings (SSSR count). The van der Waals surface area contributed by atoms with Crippen molar-refractivity contribution in [3.63, 3.8) is 0 Å². The van der Waals surface area contributed by atoms with Crippen molar-refractivity contribution >= 4 is 5.97 Å². The summed E-state index contributed by atoms with van der Waals surface area (Å²) in [5.74, 6) is 0.495. The van der Waals surface area contributed by atoms with Crippen molar-refractivity contribution in [2.45, 2.75) is 63.5 Å². The molecular weight excluding hydrogens is 474 g/mol. The van der Waals surface area contributed by atoms with Gasteiger partial charge in [-0.3, -0.25) is 4.79 Å². The first-order chi connectivity index (χ1) is 18.5. The van der Waals surface area contributed by atoms with Crippen LogP contribution in [0.4, 0.5) is 0 Å². The van der Waals surface area contributed by atoms with Crippen molar-refractivity contribution in [2.24, 2.45) is 5.92 Å². The highest BCUT2D eigenvalue weighted by atomic mass is 16.5. The highest BCUT2D eigenvalue weighted by Gasteiger charge is 2.42. The Morgan fingerprint density at radius 3 is 2.05 bits per heavy atom. The smallest absolute Gasteiger partial charge is 0.311 e. The van der Waals surface area contributed by atoms with E-state index in [0.29, 0.717) is 18.2 Å². The number of hydrogen-bond acceptors (Lipinski definition) is 5. The van der Waals surface area contributed by atoms with Gasteiger partial charge in [0.05, 0.1) is 0 Å². The molecule has 202 valence electrons. The summed E-state index contributed by atoms with van der Waals surface area (Å²) in [7, 11) is 0. The minimum absolute atomic E-state index is 0.110. The number of likely N-dealkylation sites (tertiary alicyclic amines) is 1. The third-order valence-corrected chi connectivity index (χ3v) is 7.84. The second-order valence-electron chi connectivity index (χ2n) is 10.4. The van der Waals surface area contributed by atoms with Gasteiger partial charge in [-0.1, -0.05) is 79.7 Å². The second-order valence-corrected chi connectivity index (χ2v) is 10.4. The number of aliphatic hydroxyl groups is 2. The van der Waals surface area contributed by atoms with E-state index < -0.39 is 5.60 Å². The topological polar surface area (TPSA) is 70.0 Å². The number of carbonyl (C=O) groups is 1. The maximum atomic E-state index is 12.2. The first-order valence-electron chi connectivity index (χ1n) is 14.0. The molecule has 5 heteroatoms. The zero-order valence-electron chi connectivity index (χ0n) is 22.5. The maximum Gasteiger partial charge on any atom is 0.311 e. The second kappa shape index (κ2) is 13.7. The van der Waals surface area contributed by atoms with E-state index >= 15 is 0 Å². The number of rotatable bonds is 12. The van der Waals surface area contributed by atoms with Gasteiger partial charge >= 0.3 is 5.97 Å². The lowest BCUT2D eigenvalue weighted by molar-refractivity contribution is -0.134. The van der Waals surface area contributed by atoms with E-state index in [2.05, 4.69) is 4.90 Å². The molecule has 1 heterocycles. The fraction of sp³-hybridized carbons (Fsp3) is 0.424. The molecule has 0 aliphatic carbocycles. The maximum absolute atomic E-state index is 12.2. The summed E-state index contributed by atoms with van der Waals surface area (Å²) in [6, 6.07) is 28.2. The van der Waals surface area contributed by atoms with E-state index in [1.54, 1.807) is 0 Å². The number of benzene rings is 3. The van der Waals surface area contributed by atoms with Gasteiger partial charge in [-0.15, -0.1) is 0 Å². The molecule has 0 bridgehead atoms. The van der Waals surface area contributed by atoms with Gasteiger partial charge in [0.2, 0.25) is 0 Å². The predicted molar refractivity (Wildman–Crippen MR) is 151 cm³/mol. The largest absolute Gasteiger partial charge is 0.427 e. The minimum Gasteiger partial charge on any atom is -0.427 e. The van der Waals surface area contributed by atoms with Crippen molar-refractivity contribution in [2.75, 3.05) is 19.7 Å². The molecule has 2 N–H and O–H groups in total. The first-order valence-corrected chi connectivity index (χ1v) is 14.0. The Morgan fingerprint density at radius 2 is 1.53 bits per heavy atom. The van der Waals surface area contributed by atoms with Crippen LogP contribution >= 0.6 is 0 Å². The normalized spacial score (nSPS) is 15.8. The summed E-state index contributed by atoms with van der Waals surface area (Å²) < 4.78 is 5.41. The molecule has 0 aromatic heterocycles. The van der Waals surface area contributed by atoms with Crippen molar-refractivity contribution in [3.05, 3.63) is 102 Å². The molecule has 1 atom stereocenters. The Kier molecular flexibility index (Phi) is 10.1. The van der Waals surface area contributed by atoms with Gasteiger partial charge in [-0.25, -0.2) is 0 Å². The van der Waals surface area contributed by atoms with E-state index in [9.17, 15) is 15.0 Å². The fourth-order valence-corrected chi connectivity index (χ4v) is 5.80.